The summed E-state index contributed by atoms with van der Waals surface area (Å²) in [5, 5.41) is 7.21. The third kappa shape index (κ3) is 4.42. The van der Waals surface area contributed by atoms with E-state index in [2.05, 4.69) is 10.4 Å². The molecule has 0 atom stereocenters. The van der Waals surface area contributed by atoms with E-state index in [9.17, 15) is 14.0 Å². The maximum absolute atomic E-state index is 13.0. The molecule has 1 fully saturated rings. The molecule has 7 nitrogen and oxygen atoms in total. The van der Waals surface area contributed by atoms with E-state index in [-0.39, 0.29) is 30.2 Å². The van der Waals surface area contributed by atoms with Gasteiger partial charge in [0.1, 0.15) is 5.82 Å². The first kappa shape index (κ1) is 17.1. The fourth-order valence-electron chi connectivity index (χ4n) is 2.90. The van der Waals surface area contributed by atoms with E-state index in [1.807, 2.05) is 4.90 Å². The first-order valence-electron chi connectivity index (χ1n) is 8.14. The smallest absolute Gasteiger partial charge is 0.272 e. The summed E-state index contributed by atoms with van der Waals surface area (Å²) in [5.41, 5.74) is 6.18. The molecule has 0 spiro atoms. The Kier molecular flexibility index (Phi) is 5.08. The maximum atomic E-state index is 13.0. The largest absolute Gasteiger partial charge is 0.369 e. The van der Waals surface area contributed by atoms with Gasteiger partial charge >= 0.3 is 0 Å². The summed E-state index contributed by atoms with van der Waals surface area (Å²) in [6.45, 7) is 1.69. The number of nitrogens with one attached hydrogen (secondary N) is 1. The molecule has 2 aromatic rings. The lowest BCUT2D eigenvalue weighted by Gasteiger charge is -2.31. The molecule has 132 valence electrons. The molecule has 8 heteroatoms. The fraction of sp³-hybridized carbons (Fsp3) is 0.353. The maximum Gasteiger partial charge on any atom is 0.272 e. The van der Waals surface area contributed by atoms with E-state index in [0.717, 1.165) is 25.9 Å². The number of likely N-dealkylation sites (tertiary alicyclic amines) is 1. The molecule has 0 radical (unpaired) electrons. The van der Waals surface area contributed by atoms with Gasteiger partial charge in [0, 0.05) is 25.3 Å². The first-order valence-corrected chi connectivity index (χ1v) is 8.14. The van der Waals surface area contributed by atoms with Gasteiger partial charge in [-0.2, -0.15) is 5.10 Å². The highest BCUT2D eigenvalue weighted by molar-refractivity contribution is 5.92. The molecule has 1 aromatic carbocycles. The van der Waals surface area contributed by atoms with Gasteiger partial charge in [-0.1, -0.05) is 0 Å². The molecule has 25 heavy (non-hydrogen) atoms. The van der Waals surface area contributed by atoms with Crippen molar-refractivity contribution in [2.75, 3.05) is 19.6 Å². The van der Waals surface area contributed by atoms with Crippen molar-refractivity contribution >= 4 is 11.8 Å². The van der Waals surface area contributed by atoms with Crippen molar-refractivity contribution < 1.29 is 14.0 Å². The van der Waals surface area contributed by atoms with Crippen LogP contribution in [-0.2, 0) is 4.79 Å². The molecule has 1 aliphatic rings. The summed E-state index contributed by atoms with van der Waals surface area (Å²) >= 11 is 0. The zero-order chi connectivity index (χ0) is 17.8. The molecule has 1 aromatic heterocycles. The SMILES string of the molecule is NC(=O)CN1CCC(NC(=O)c2ccn(-c3ccc(F)cc3)n2)CC1. The molecule has 0 saturated carbocycles. The number of halogens is 1. The van der Waals surface area contributed by atoms with Crippen molar-refractivity contribution in [3.8, 4) is 5.69 Å². The van der Waals surface area contributed by atoms with Gasteiger partial charge in [-0.25, -0.2) is 9.07 Å². The molecule has 3 N–H and O–H groups in total. The number of nitrogens with zero attached hydrogens (tertiary/aromatic N) is 3. The lowest BCUT2D eigenvalue weighted by molar-refractivity contribution is -0.119. The minimum atomic E-state index is -0.339. The molecule has 2 heterocycles. The number of nitrogens with two attached hydrogens (primary N) is 1. The number of amides is 2. The molecule has 1 saturated heterocycles. The normalized spacial score (nSPS) is 15.9. The van der Waals surface area contributed by atoms with Gasteiger partial charge in [-0.15, -0.1) is 0 Å². The Morgan fingerprint density at radius 2 is 1.88 bits per heavy atom. The molecule has 0 aliphatic carbocycles. The molecule has 0 unspecified atom stereocenters. The Hall–Kier alpha value is -2.74. The number of hydrogen-bond acceptors (Lipinski definition) is 4. The van der Waals surface area contributed by atoms with Gasteiger partial charge < -0.3 is 11.1 Å². The number of carbonyl (C=O) groups excluding carboxylic acids is 2. The van der Waals surface area contributed by atoms with Crippen LogP contribution in [-0.4, -0.2) is 52.2 Å². The molecule has 3 rings (SSSR count). The number of hydrogen-bond donors (Lipinski definition) is 2. The predicted molar refractivity (Wildman–Crippen MR) is 89.6 cm³/mol. The second-order valence-electron chi connectivity index (χ2n) is 6.11. The summed E-state index contributed by atoms with van der Waals surface area (Å²) in [6, 6.07) is 7.55. The van der Waals surface area contributed by atoms with Crippen LogP contribution in [0.15, 0.2) is 36.5 Å². The number of carbonyl (C=O) groups is 2. The highest BCUT2D eigenvalue weighted by Gasteiger charge is 2.22. The quantitative estimate of drug-likeness (QED) is 0.834. The van der Waals surface area contributed by atoms with Gasteiger partial charge in [0.2, 0.25) is 5.91 Å². The second kappa shape index (κ2) is 7.43. The standard InChI is InChI=1S/C17H20FN5O2/c18-12-1-3-14(4-2-12)23-10-7-15(21-23)17(25)20-13-5-8-22(9-6-13)11-16(19)24/h1-4,7,10,13H,5-6,8-9,11H2,(H2,19,24)(H,20,25). The van der Waals surface area contributed by atoms with Crippen LogP contribution in [0, 0.1) is 5.82 Å². The summed E-state index contributed by atoms with van der Waals surface area (Å²) in [5.74, 6) is -0.903. The lowest BCUT2D eigenvalue weighted by atomic mass is 10.0. The number of piperidine rings is 1. The Morgan fingerprint density at radius 1 is 1.20 bits per heavy atom. The van der Waals surface area contributed by atoms with Crippen LogP contribution in [0.25, 0.3) is 5.69 Å². The highest BCUT2D eigenvalue weighted by atomic mass is 19.1. The van der Waals surface area contributed by atoms with E-state index >= 15 is 0 Å². The second-order valence-corrected chi connectivity index (χ2v) is 6.11. The summed E-state index contributed by atoms with van der Waals surface area (Å²) in [7, 11) is 0. The van der Waals surface area contributed by atoms with Gasteiger partial charge in [-0.05, 0) is 43.2 Å². The third-order valence-electron chi connectivity index (χ3n) is 4.22. The van der Waals surface area contributed by atoms with Gasteiger partial charge in [-0.3, -0.25) is 14.5 Å². The number of rotatable bonds is 5. The van der Waals surface area contributed by atoms with Crippen molar-refractivity contribution in [1.82, 2.24) is 20.0 Å². The van der Waals surface area contributed by atoms with Crippen molar-refractivity contribution in [3.05, 3.63) is 48.0 Å². The van der Waals surface area contributed by atoms with E-state index < -0.39 is 0 Å². The summed E-state index contributed by atoms with van der Waals surface area (Å²) < 4.78 is 14.5. The topological polar surface area (TPSA) is 93.3 Å². The van der Waals surface area contributed by atoms with Crippen LogP contribution in [0.2, 0.25) is 0 Å². The monoisotopic (exact) mass is 345 g/mol. The minimum absolute atomic E-state index is 0.0487. The Bertz CT molecular complexity index is 751. The number of primary amides is 1. The van der Waals surface area contributed by atoms with Crippen LogP contribution in [0.1, 0.15) is 23.3 Å². The van der Waals surface area contributed by atoms with Crippen LogP contribution < -0.4 is 11.1 Å². The van der Waals surface area contributed by atoms with Gasteiger partial charge in [0.25, 0.3) is 5.91 Å². The molecular weight excluding hydrogens is 325 g/mol. The molecule has 0 bridgehead atoms. The zero-order valence-electron chi connectivity index (χ0n) is 13.7. The Balaban J connectivity index is 1.56. The number of aromatic nitrogens is 2. The average Bonchev–Trinajstić information content (AvgIpc) is 3.07. The Labute approximate surface area is 144 Å². The van der Waals surface area contributed by atoms with E-state index in [1.165, 1.54) is 16.8 Å². The molecule has 1 aliphatic heterocycles. The van der Waals surface area contributed by atoms with Crippen LogP contribution in [0.3, 0.4) is 0 Å². The first-order chi connectivity index (χ1) is 12.0. The highest BCUT2D eigenvalue weighted by Crippen LogP contribution is 2.12. The average molecular weight is 345 g/mol. The zero-order valence-corrected chi connectivity index (χ0v) is 13.7. The van der Waals surface area contributed by atoms with Crippen molar-refractivity contribution in [3.63, 3.8) is 0 Å². The van der Waals surface area contributed by atoms with Crippen LogP contribution in [0.5, 0.6) is 0 Å². The molecular formula is C17H20FN5O2. The summed E-state index contributed by atoms with van der Waals surface area (Å²) in [4.78, 5) is 25.2. The van der Waals surface area contributed by atoms with E-state index in [1.54, 1.807) is 24.4 Å². The van der Waals surface area contributed by atoms with Crippen molar-refractivity contribution in [2.24, 2.45) is 5.73 Å². The van der Waals surface area contributed by atoms with Crippen molar-refractivity contribution in [1.29, 1.82) is 0 Å². The minimum Gasteiger partial charge on any atom is -0.369 e. The van der Waals surface area contributed by atoms with Gasteiger partial charge in [0.15, 0.2) is 5.69 Å². The summed E-state index contributed by atoms with van der Waals surface area (Å²) in [6.07, 6.45) is 3.19. The number of benzene rings is 1. The van der Waals surface area contributed by atoms with Crippen molar-refractivity contribution in [2.45, 2.75) is 18.9 Å². The van der Waals surface area contributed by atoms with Gasteiger partial charge in [0.05, 0.1) is 12.2 Å². The molecule has 2 amide bonds. The Morgan fingerprint density at radius 3 is 2.52 bits per heavy atom. The lowest BCUT2D eigenvalue weighted by Crippen LogP contribution is -2.46. The van der Waals surface area contributed by atoms with E-state index in [4.69, 9.17) is 5.73 Å². The van der Waals surface area contributed by atoms with Crippen LogP contribution >= 0.6 is 0 Å². The third-order valence-corrected chi connectivity index (χ3v) is 4.22. The predicted octanol–water partition coefficient (Wildman–Crippen LogP) is 0.691. The van der Waals surface area contributed by atoms with E-state index in [0.29, 0.717) is 11.4 Å². The van der Waals surface area contributed by atoms with Crippen LogP contribution in [0.4, 0.5) is 4.39 Å². The fourth-order valence-corrected chi connectivity index (χ4v) is 2.90.